The van der Waals surface area contributed by atoms with Crippen molar-refractivity contribution < 1.29 is 0 Å². The van der Waals surface area contributed by atoms with E-state index in [-0.39, 0.29) is 5.54 Å². The summed E-state index contributed by atoms with van der Waals surface area (Å²) in [6.45, 7) is 3.33. The van der Waals surface area contributed by atoms with Crippen LogP contribution in [0.2, 0.25) is 0 Å². The molecule has 2 fully saturated rings. The number of rotatable bonds is 1. The largest absolute Gasteiger partial charge is 0.369 e. The van der Waals surface area contributed by atoms with Crippen LogP contribution in [-0.4, -0.2) is 42.1 Å². The van der Waals surface area contributed by atoms with Gasteiger partial charge in [0.15, 0.2) is 5.96 Å². The summed E-state index contributed by atoms with van der Waals surface area (Å²) in [6.07, 6.45) is 5.06. The molecular formula is C16H22N4. The number of piperidine rings is 1. The van der Waals surface area contributed by atoms with Crippen molar-refractivity contribution in [2.24, 2.45) is 10.7 Å². The summed E-state index contributed by atoms with van der Waals surface area (Å²) in [7, 11) is 0. The highest BCUT2D eigenvalue weighted by molar-refractivity contribution is 5.98. The van der Waals surface area contributed by atoms with Gasteiger partial charge in [0, 0.05) is 18.3 Å². The average molecular weight is 270 g/mol. The van der Waals surface area contributed by atoms with Gasteiger partial charge in [-0.1, -0.05) is 18.2 Å². The Kier molecular flexibility index (Phi) is 2.74. The zero-order valence-corrected chi connectivity index (χ0v) is 11.8. The molecule has 1 aromatic rings. The van der Waals surface area contributed by atoms with Gasteiger partial charge in [-0.05, 0) is 44.4 Å². The first-order valence-corrected chi connectivity index (χ1v) is 7.68. The predicted octanol–water partition coefficient (Wildman–Crippen LogP) is 1.82. The highest BCUT2D eigenvalue weighted by Gasteiger charge is 2.49. The van der Waals surface area contributed by atoms with Gasteiger partial charge < -0.3 is 15.5 Å². The smallest absolute Gasteiger partial charge is 0.196 e. The summed E-state index contributed by atoms with van der Waals surface area (Å²) in [5.74, 6) is 0.697. The van der Waals surface area contributed by atoms with Gasteiger partial charge in [0.25, 0.3) is 0 Å². The molecule has 4 heteroatoms. The second-order valence-electron chi connectivity index (χ2n) is 6.36. The van der Waals surface area contributed by atoms with Crippen LogP contribution in [-0.2, 0) is 0 Å². The molecular weight excluding hydrogens is 248 g/mol. The van der Waals surface area contributed by atoms with Gasteiger partial charge in [-0.3, -0.25) is 4.99 Å². The number of nitrogens with two attached hydrogens (primary N) is 1. The first kappa shape index (κ1) is 12.2. The molecule has 0 amide bonds. The Morgan fingerprint density at radius 2 is 2.05 bits per heavy atom. The lowest BCUT2D eigenvalue weighted by atomic mass is 9.82. The Labute approximate surface area is 120 Å². The van der Waals surface area contributed by atoms with Gasteiger partial charge in [0.2, 0.25) is 0 Å². The van der Waals surface area contributed by atoms with Crippen LogP contribution in [0.15, 0.2) is 35.3 Å². The fourth-order valence-electron chi connectivity index (χ4n) is 4.26. The number of benzene rings is 1. The highest BCUT2D eigenvalue weighted by atomic mass is 15.4. The Morgan fingerprint density at radius 1 is 1.20 bits per heavy atom. The lowest BCUT2D eigenvalue weighted by Gasteiger charge is -2.47. The van der Waals surface area contributed by atoms with Gasteiger partial charge in [0.05, 0.1) is 12.1 Å². The molecule has 3 aliphatic heterocycles. The van der Waals surface area contributed by atoms with Crippen LogP contribution >= 0.6 is 0 Å². The zero-order valence-electron chi connectivity index (χ0n) is 11.8. The fraction of sp³-hybridized carbons (Fsp3) is 0.562. The van der Waals surface area contributed by atoms with E-state index in [1.807, 2.05) is 0 Å². The third-order valence-electron chi connectivity index (χ3n) is 5.23. The van der Waals surface area contributed by atoms with Crippen molar-refractivity contribution in [2.45, 2.75) is 37.3 Å². The maximum absolute atomic E-state index is 6.22. The second kappa shape index (κ2) is 4.48. The van der Waals surface area contributed by atoms with Gasteiger partial charge >= 0.3 is 0 Å². The van der Waals surface area contributed by atoms with Crippen molar-refractivity contribution in [2.75, 3.05) is 24.5 Å². The van der Waals surface area contributed by atoms with Crippen LogP contribution in [0.25, 0.3) is 0 Å². The summed E-state index contributed by atoms with van der Waals surface area (Å²) in [5, 5.41) is 0. The Balaban J connectivity index is 1.67. The molecule has 2 N–H and O–H groups in total. The van der Waals surface area contributed by atoms with Crippen molar-refractivity contribution in [1.82, 2.24) is 4.90 Å². The third kappa shape index (κ3) is 1.74. The fourth-order valence-corrected chi connectivity index (χ4v) is 4.26. The maximum atomic E-state index is 6.22. The van der Waals surface area contributed by atoms with Gasteiger partial charge in [-0.15, -0.1) is 0 Å². The molecule has 3 heterocycles. The number of anilines is 1. The number of para-hydroxylation sites is 1. The van der Waals surface area contributed by atoms with Crippen molar-refractivity contribution >= 4 is 11.6 Å². The molecule has 4 nitrogen and oxygen atoms in total. The van der Waals surface area contributed by atoms with E-state index in [2.05, 4.69) is 45.1 Å². The zero-order chi connectivity index (χ0) is 13.6. The number of hydrogen-bond acceptors (Lipinski definition) is 4. The third-order valence-corrected chi connectivity index (χ3v) is 5.23. The van der Waals surface area contributed by atoms with Crippen LogP contribution < -0.4 is 10.6 Å². The summed E-state index contributed by atoms with van der Waals surface area (Å²) < 4.78 is 0. The van der Waals surface area contributed by atoms with Crippen LogP contribution in [0.5, 0.6) is 0 Å². The molecule has 4 rings (SSSR count). The Bertz CT molecular complexity index is 527. The number of guanidine groups is 1. The van der Waals surface area contributed by atoms with E-state index in [1.54, 1.807) is 0 Å². The van der Waals surface area contributed by atoms with Crippen molar-refractivity contribution in [3.63, 3.8) is 0 Å². The van der Waals surface area contributed by atoms with E-state index in [0.717, 1.165) is 12.6 Å². The average Bonchev–Trinajstić information content (AvgIpc) is 3.05. The molecule has 20 heavy (non-hydrogen) atoms. The molecule has 0 bridgehead atoms. The Morgan fingerprint density at radius 3 is 2.90 bits per heavy atom. The highest BCUT2D eigenvalue weighted by Crippen LogP contribution is 2.41. The van der Waals surface area contributed by atoms with Gasteiger partial charge in [-0.2, -0.15) is 0 Å². The van der Waals surface area contributed by atoms with Crippen molar-refractivity contribution in [3.8, 4) is 0 Å². The number of hydrogen-bond donors (Lipinski definition) is 1. The van der Waals surface area contributed by atoms with Gasteiger partial charge in [0.1, 0.15) is 0 Å². The number of fused-ring (bicyclic) bond motifs is 1. The summed E-state index contributed by atoms with van der Waals surface area (Å²) in [4.78, 5) is 9.55. The lowest BCUT2D eigenvalue weighted by molar-refractivity contribution is 0.140. The minimum atomic E-state index is 0.122. The molecule has 2 saturated heterocycles. The predicted molar refractivity (Wildman–Crippen MR) is 82.0 cm³/mol. The molecule has 0 aromatic heterocycles. The normalized spacial score (nSPS) is 33.5. The van der Waals surface area contributed by atoms with E-state index in [1.165, 1.54) is 44.5 Å². The topological polar surface area (TPSA) is 44.9 Å². The van der Waals surface area contributed by atoms with E-state index >= 15 is 0 Å². The lowest BCUT2D eigenvalue weighted by Crippen LogP contribution is -2.59. The van der Waals surface area contributed by atoms with Crippen LogP contribution in [0.3, 0.4) is 0 Å². The molecule has 2 atom stereocenters. The standard InChI is InChI=1S/C16H22N4/c17-15-18-12-16(20(15)13-5-2-1-3-6-13)8-10-19-9-4-7-14(19)11-16/h1-3,5-6,14H,4,7-12H2,(H2,17,18). The molecule has 2 unspecified atom stereocenters. The molecule has 1 aromatic carbocycles. The van der Waals surface area contributed by atoms with E-state index in [9.17, 15) is 0 Å². The van der Waals surface area contributed by atoms with E-state index in [0.29, 0.717) is 5.96 Å². The number of nitrogens with zero attached hydrogens (tertiary/aromatic N) is 3. The van der Waals surface area contributed by atoms with Crippen LogP contribution in [0.4, 0.5) is 5.69 Å². The first-order valence-electron chi connectivity index (χ1n) is 7.68. The maximum Gasteiger partial charge on any atom is 0.196 e. The van der Waals surface area contributed by atoms with Gasteiger partial charge in [-0.25, -0.2) is 0 Å². The molecule has 0 aliphatic carbocycles. The molecule has 3 aliphatic rings. The molecule has 0 saturated carbocycles. The number of aliphatic imine (C=N–C) groups is 1. The molecule has 106 valence electrons. The summed E-state index contributed by atoms with van der Waals surface area (Å²) in [6, 6.07) is 11.3. The molecule has 0 radical (unpaired) electrons. The van der Waals surface area contributed by atoms with Crippen molar-refractivity contribution in [1.29, 1.82) is 0 Å². The minimum absolute atomic E-state index is 0.122. The second-order valence-corrected chi connectivity index (χ2v) is 6.36. The molecule has 1 spiro atoms. The van der Waals surface area contributed by atoms with E-state index < -0.39 is 0 Å². The van der Waals surface area contributed by atoms with E-state index in [4.69, 9.17) is 5.73 Å². The Hall–Kier alpha value is -1.55. The summed E-state index contributed by atoms with van der Waals surface area (Å²) in [5.41, 5.74) is 7.53. The monoisotopic (exact) mass is 270 g/mol. The quantitative estimate of drug-likeness (QED) is 0.846. The summed E-state index contributed by atoms with van der Waals surface area (Å²) >= 11 is 0. The van der Waals surface area contributed by atoms with Crippen LogP contribution in [0, 0.1) is 0 Å². The van der Waals surface area contributed by atoms with Crippen LogP contribution in [0.1, 0.15) is 25.7 Å². The first-order chi connectivity index (χ1) is 9.78. The van der Waals surface area contributed by atoms with Crippen molar-refractivity contribution in [3.05, 3.63) is 30.3 Å². The minimum Gasteiger partial charge on any atom is -0.369 e. The SMILES string of the molecule is NC1=NCC2(CCN3CCCC3C2)N1c1ccccc1.